The van der Waals surface area contributed by atoms with E-state index in [0.717, 1.165) is 36.9 Å². The van der Waals surface area contributed by atoms with Gasteiger partial charge in [-0.15, -0.1) is 0 Å². The standard InChI is InChI=1S/C30H35N5O4/c1-30(2,3)39-26(36)16-17-35-25-15-14-23(34(4)28(38)22-8-6-5-7-9-22)18-24(25)32-29(35)33-27(37)21-12-10-20(19-31)11-13-21/h10-15,18,22H,5-9,16-17H2,1-4H3,(H,32,33,37). The number of aryl methyl sites for hydroxylation is 1. The predicted molar refractivity (Wildman–Crippen MR) is 149 cm³/mol. The summed E-state index contributed by atoms with van der Waals surface area (Å²) >= 11 is 0. The molecule has 4 rings (SSSR count). The van der Waals surface area contributed by atoms with E-state index in [1.807, 2.05) is 45.0 Å². The summed E-state index contributed by atoms with van der Waals surface area (Å²) in [5.74, 6) is -0.330. The molecule has 0 radical (unpaired) electrons. The molecule has 1 heterocycles. The molecule has 9 nitrogen and oxygen atoms in total. The number of benzene rings is 2. The average Bonchev–Trinajstić information content (AvgIpc) is 3.26. The first-order chi connectivity index (χ1) is 18.6. The number of aromatic nitrogens is 2. The lowest BCUT2D eigenvalue weighted by atomic mass is 9.88. The highest BCUT2D eigenvalue weighted by Crippen LogP contribution is 2.30. The molecular weight excluding hydrogens is 494 g/mol. The van der Waals surface area contributed by atoms with Crippen molar-refractivity contribution in [2.75, 3.05) is 17.3 Å². The van der Waals surface area contributed by atoms with Crippen LogP contribution in [0, 0.1) is 17.2 Å². The summed E-state index contributed by atoms with van der Waals surface area (Å²) in [5.41, 5.74) is 2.25. The summed E-state index contributed by atoms with van der Waals surface area (Å²) in [7, 11) is 1.78. The van der Waals surface area contributed by atoms with E-state index in [-0.39, 0.29) is 36.7 Å². The molecule has 1 aliphatic rings. The van der Waals surface area contributed by atoms with Crippen LogP contribution in [0.3, 0.4) is 0 Å². The predicted octanol–water partition coefficient (Wildman–Crippen LogP) is 5.44. The Kier molecular flexibility index (Phi) is 8.34. The molecule has 1 aromatic heterocycles. The molecule has 1 fully saturated rings. The van der Waals surface area contributed by atoms with Crippen molar-refractivity contribution in [3.8, 4) is 6.07 Å². The largest absolute Gasteiger partial charge is 0.460 e. The molecule has 1 saturated carbocycles. The number of hydrogen-bond acceptors (Lipinski definition) is 6. The Bertz CT molecular complexity index is 1410. The lowest BCUT2D eigenvalue weighted by molar-refractivity contribution is -0.155. The summed E-state index contributed by atoms with van der Waals surface area (Å²) in [6.45, 7) is 5.68. The van der Waals surface area contributed by atoms with E-state index in [1.165, 1.54) is 6.42 Å². The van der Waals surface area contributed by atoms with E-state index in [9.17, 15) is 14.4 Å². The van der Waals surface area contributed by atoms with Crippen molar-refractivity contribution in [1.82, 2.24) is 9.55 Å². The van der Waals surface area contributed by atoms with Crippen LogP contribution in [0.4, 0.5) is 11.6 Å². The molecule has 0 aliphatic heterocycles. The lowest BCUT2D eigenvalue weighted by Gasteiger charge is -2.26. The maximum absolute atomic E-state index is 13.1. The zero-order valence-electron chi connectivity index (χ0n) is 23.0. The number of nitriles is 1. The van der Waals surface area contributed by atoms with Crippen LogP contribution < -0.4 is 10.2 Å². The van der Waals surface area contributed by atoms with Crippen LogP contribution in [0.2, 0.25) is 0 Å². The third-order valence-corrected chi connectivity index (χ3v) is 6.87. The van der Waals surface area contributed by atoms with Crippen molar-refractivity contribution < 1.29 is 19.1 Å². The van der Waals surface area contributed by atoms with Gasteiger partial charge >= 0.3 is 5.97 Å². The zero-order chi connectivity index (χ0) is 28.2. The number of carbonyl (C=O) groups is 3. The number of rotatable bonds is 7. The van der Waals surface area contributed by atoms with Crippen molar-refractivity contribution in [2.45, 2.75) is 71.4 Å². The second-order valence-corrected chi connectivity index (χ2v) is 11.0. The molecule has 0 spiro atoms. The van der Waals surface area contributed by atoms with Crippen LogP contribution in [0.25, 0.3) is 11.0 Å². The van der Waals surface area contributed by atoms with E-state index in [0.29, 0.717) is 16.6 Å². The van der Waals surface area contributed by atoms with Crippen LogP contribution in [0.5, 0.6) is 0 Å². The minimum absolute atomic E-state index is 0.0353. The van der Waals surface area contributed by atoms with Crippen LogP contribution in [0.1, 0.15) is 75.2 Å². The molecular formula is C30H35N5O4. The number of anilines is 2. The maximum atomic E-state index is 13.1. The first-order valence-corrected chi connectivity index (χ1v) is 13.4. The second kappa shape index (κ2) is 11.7. The molecule has 9 heteroatoms. The summed E-state index contributed by atoms with van der Waals surface area (Å²) in [4.78, 5) is 44.9. The molecule has 0 unspecified atom stereocenters. The third kappa shape index (κ3) is 6.82. The lowest BCUT2D eigenvalue weighted by Crippen LogP contribution is -2.33. The molecule has 2 aromatic carbocycles. The van der Waals surface area contributed by atoms with Crippen LogP contribution in [0.15, 0.2) is 42.5 Å². The van der Waals surface area contributed by atoms with Crippen LogP contribution in [-0.4, -0.2) is 40.0 Å². The number of fused-ring (bicyclic) bond motifs is 1. The Morgan fingerprint density at radius 3 is 2.44 bits per heavy atom. The van der Waals surface area contributed by atoms with Gasteiger partial charge in [-0.1, -0.05) is 19.3 Å². The molecule has 39 heavy (non-hydrogen) atoms. The van der Waals surface area contributed by atoms with E-state index in [4.69, 9.17) is 10.00 Å². The minimum Gasteiger partial charge on any atom is -0.460 e. The topological polar surface area (TPSA) is 117 Å². The van der Waals surface area contributed by atoms with Crippen LogP contribution in [-0.2, 0) is 20.9 Å². The highest BCUT2D eigenvalue weighted by Gasteiger charge is 2.26. The van der Waals surface area contributed by atoms with Crippen molar-refractivity contribution in [3.05, 3.63) is 53.6 Å². The van der Waals surface area contributed by atoms with E-state index in [2.05, 4.69) is 10.3 Å². The summed E-state index contributed by atoms with van der Waals surface area (Å²) in [5, 5.41) is 11.9. The zero-order valence-corrected chi connectivity index (χ0v) is 23.0. The molecule has 0 bridgehead atoms. The Hall–Kier alpha value is -4.19. The summed E-state index contributed by atoms with van der Waals surface area (Å²) < 4.78 is 7.24. The number of amides is 2. The average molecular weight is 530 g/mol. The van der Waals surface area contributed by atoms with Crippen molar-refractivity contribution in [1.29, 1.82) is 5.26 Å². The van der Waals surface area contributed by atoms with Crippen molar-refractivity contribution in [2.24, 2.45) is 5.92 Å². The Morgan fingerprint density at radius 1 is 1.10 bits per heavy atom. The normalized spacial score (nSPS) is 14.0. The van der Waals surface area contributed by atoms with Gasteiger partial charge in [-0.2, -0.15) is 5.26 Å². The maximum Gasteiger partial charge on any atom is 0.308 e. The number of esters is 1. The third-order valence-electron chi connectivity index (χ3n) is 6.87. The Balaban J connectivity index is 1.62. The summed E-state index contributed by atoms with van der Waals surface area (Å²) in [6.07, 6.45) is 5.25. The Labute approximate surface area is 228 Å². The van der Waals surface area contributed by atoms with Gasteiger partial charge in [-0.3, -0.25) is 19.7 Å². The summed E-state index contributed by atoms with van der Waals surface area (Å²) in [6, 6.07) is 13.9. The van der Waals surface area contributed by atoms with Gasteiger partial charge in [0.2, 0.25) is 11.9 Å². The molecule has 0 saturated heterocycles. The SMILES string of the molecule is CN(C(=O)C1CCCCC1)c1ccc2c(c1)nc(NC(=O)c1ccc(C#N)cc1)n2CCC(=O)OC(C)(C)C. The first-order valence-electron chi connectivity index (χ1n) is 13.4. The molecule has 204 valence electrons. The number of ether oxygens (including phenoxy) is 1. The van der Waals surface area contributed by atoms with Gasteiger partial charge in [0, 0.05) is 30.8 Å². The minimum atomic E-state index is -0.606. The van der Waals surface area contributed by atoms with E-state index in [1.54, 1.807) is 40.8 Å². The van der Waals surface area contributed by atoms with Gasteiger partial charge in [-0.05, 0) is 76.1 Å². The van der Waals surface area contributed by atoms with Gasteiger partial charge in [0.05, 0.1) is 29.1 Å². The second-order valence-electron chi connectivity index (χ2n) is 11.0. The number of carbonyl (C=O) groups excluding carboxylic acids is 3. The molecule has 1 aliphatic carbocycles. The van der Waals surface area contributed by atoms with Gasteiger partial charge < -0.3 is 14.2 Å². The van der Waals surface area contributed by atoms with Crippen LogP contribution >= 0.6 is 0 Å². The Morgan fingerprint density at radius 2 is 1.79 bits per heavy atom. The van der Waals surface area contributed by atoms with Gasteiger partial charge in [0.1, 0.15) is 5.60 Å². The van der Waals surface area contributed by atoms with E-state index >= 15 is 0 Å². The van der Waals surface area contributed by atoms with Gasteiger partial charge in [0.15, 0.2) is 0 Å². The molecule has 0 atom stereocenters. The van der Waals surface area contributed by atoms with E-state index < -0.39 is 11.5 Å². The fraction of sp³-hybridized carbons (Fsp3) is 0.433. The highest BCUT2D eigenvalue weighted by molar-refractivity contribution is 6.04. The number of hydrogen-bond donors (Lipinski definition) is 1. The number of nitrogens with zero attached hydrogens (tertiary/aromatic N) is 4. The van der Waals surface area contributed by atoms with Gasteiger partial charge in [-0.25, -0.2) is 4.98 Å². The number of nitrogens with one attached hydrogen (secondary N) is 1. The fourth-order valence-corrected chi connectivity index (χ4v) is 4.86. The fourth-order valence-electron chi connectivity index (χ4n) is 4.86. The first kappa shape index (κ1) is 27.8. The smallest absolute Gasteiger partial charge is 0.308 e. The monoisotopic (exact) mass is 529 g/mol. The van der Waals surface area contributed by atoms with Crippen molar-refractivity contribution in [3.63, 3.8) is 0 Å². The van der Waals surface area contributed by atoms with Crippen molar-refractivity contribution >= 4 is 40.5 Å². The molecule has 2 amide bonds. The molecule has 3 aromatic rings. The van der Waals surface area contributed by atoms with Gasteiger partial charge in [0.25, 0.3) is 5.91 Å². The molecule has 1 N–H and O–H groups in total. The quantitative estimate of drug-likeness (QED) is 0.408. The highest BCUT2D eigenvalue weighted by atomic mass is 16.6. The number of imidazole rings is 1.